The van der Waals surface area contributed by atoms with E-state index in [1.54, 1.807) is 20.3 Å². The molecule has 0 saturated carbocycles. The van der Waals surface area contributed by atoms with Gasteiger partial charge in [0.25, 0.3) is 0 Å². The van der Waals surface area contributed by atoms with E-state index in [9.17, 15) is 4.79 Å². The van der Waals surface area contributed by atoms with E-state index in [0.29, 0.717) is 35.1 Å². The molecular formula is C24H22ClNO3. The first-order valence-electron chi connectivity index (χ1n) is 9.46. The van der Waals surface area contributed by atoms with Gasteiger partial charge in [-0.05, 0) is 23.3 Å². The SMILES string of the molecule is COc1cc2c(cc1OC)N(Cc1ccccc1)C(c1ccccc1Cl)CC2=O. The Morgan fingerprint density at radius 2 is 1.62 bits per heavy atom. The van der Waals surface area contributed by atoms with Crippen molar-refractivity contribution in [3.05, 3.63) is 88.4 Å². The molecule has 1 aliphatic heterocycles. The summed E-state index contributed by atoms with van der Waals surface area (Å²) in [6.07, 6.45) is 0.346. The lowest BCUT2D eigenvalue weighted by Gasteiger charge is -2.39. The quantitative estimate of drug-likeness (QED) is 0.544. The number of hydrogen-bond acceptors (Lipinski definition) is 4. The molecule has 0 aromatic heterocycles. The number of ether oxygens (including phenoxy) is 2. The Bertz CT molecular complexity index is 1040. The lowest BCUT2D eigenvalue weighted by molar-refractivity contribution is 0.0965. The monoisotopic (exact) mass is 407 g/mol. The number of ketones is 1. The van der Waals surface area contributed by atoms with Gasteiger partial charge in [0.05, 0.1) is 25.9 Å². The molecule has 3 aromatic rings. The number of carbonyl (C=O) groups is 1. The highest BCUT2D eigenvalue weighted by atomic mass is 35.5. The zero-order chi connectivity index (χ0) is 20.4. The third-order valence-electron chi connectivity index (χ3n) is 5.33. The van der Waals surface area contributed by atoms with E-state index in [0.717, 1.165) is 16.8 Å². The lowest BCUT2D eigenvalue weighted by atomic mass is 9.89. The van der Waals surface area contributed by atoms with E-state index in [1.165, 1.54) is 0 Å². The van der Waals surface area contributed by atoms with Crippen LogP contribution in [0, 0.1) is 0 Å². The standard InChI is InChI=1S/C24H22ClNO3/c1-28-23-12-18-21(14-24(23)29-2)26(15-16-8-4-3-5-9-16)20(13-22(18)27)17-10-6-7-11-19(17)25/h3-12,14,20H,13,15H2,1-2H3. The number of fused-ring (bicyclic) bond motifs is 1. The number of carbonyl (C=O) groups excluding carboxylic acids is 1. The Hall–Kier alpha value is -2.98. The molecule has 5 heteroatoms. The largest absolute Gasteiger partial charge is 0.493 e. The van der Waals surface area contributed by atoms with Crippen LogP contribution in [0.1, 0.15) is 33.9 Å². The molecule has 3 aromatic carbocycles. The highest BCUT2D eigenvalue weighted by molar-refractivity contribution is 6.31. The third-order valence-corrected chi connectivity index (χ3v) is 5.67. The summed E-state index contributed by atoms with van der Waals surface area (Å²) in [6.45, 7) is 0.645. The van der Waals surface area contributed by atoms with Gasteiger partial charge in [0.15, 0.2) is 17.3 Å². The minimum absolute atomic E-state index is 0.0650. The molecule has 0 amide bonds. The normalized spacial score (nSPS) is 15.8. The molecule has 29 heavy (non-hydrogen) atoms. The van der Waals surface area contributed by atoms with Gasteiger partial charge in [-0.15, -0.1) is 0 Å². The van der Waals surface area contributed by atoms with Crippen LogP contribution >= 0.6 is 11.6 Å². The Balaban J connectivity index is 1.88. The fourth-order valence-electron chi connectivity index (χ4n) is 3.89. The number of halogens is 1. The first-order valence-corrected chi connectivity index (χ1v) is 9.84. The number of nitrogens with zero attached hydrogens (tertiary/aromatic N) is 1. The molecule has 4 nitrogen and oxygen atoms in total. The van der Waals surface area contributed by atoms with E-state index in [4.69, 9.17) is 21.1 Å². The molecule has 1 atom stereocenters. The van der Waals surface area contributed by atoms with Gasteiger partial charge in [-0.3, -0.25) is 4.79 Å². The maximum absolute atomic E-state index is 13.1. The Kier molecular flexibility index (Phi) is 5.45. The van der Waals surface area contributed by atoms with Crippen LogP contribution in [0.5, 0.6) is 11.5 Å². The fourth-order valence-corrected chi connectivity index (χ4v) is 4.15. The minimum Gasteiger partial charge on any atom is -0.493 e. The van der Waals surface area contributed by atoms with Crippen LogP contribution in [-0.4, -0.2) is 20.0 Å². The smallest absolute Gasteiger partial charge is 0.167 e. The second kappa shape index (κ2) is 8.18. The summed E-state index contributed by atoms with van der Waals surface area (Å²) in [7, 11) is 3.17. The van der Waals surface area contributed by atoms with Gasteiger partial charge in [-0.2, -0.15) is 0 Å². The van der Waals surface area contributed by atoms with E-state index in [2.05, 4.69) is 17.0 Å². The van der Waals surface area contributed by atoms with E-state index < -0.39 is 0 Å². The van der Waals surface area contributed by atoms with Crippen LogP contribution in [0.2, 0.25) is 5.02 Å². The summed E-state index contributed by atoms with van der Waals surface area (Å²) >= 11 is 6.52. The van der Waals surface area contributed by atoms with Crippen LogP contribution in [0.4, 0.5) is 5.69 Å². The van der Waals surface area contributed by atoms with E-state index in [1.807, 2.05) is 48.5 Å². The number of benzene rings is 3. The van der Waals surface area contributed by atoms with Gasteiger partial charge >= 0.3 is 0 Å². The number of anilines is 1. The minimum atomic E-state index is -0.165. The summed E-state index contributed by atoms with van der Waals surface area (Å²) < 4.78 is 10.9. The van der Waals surface area contributed by atoms with Crippen LogP contribution in [0.15, 0.2) is 66.7 Å². The van der Waals surface area contributed by atoms with E-state index in [-0.39, 0.29) is 11.8 Å². The molecule has 0 aliphatic carbocycles. The average Bonchev–Trinajstić information content (AvgIpc) is 2.76. The molecule has 1 aliphatic rings. The highest BCUT2D eigenvalue weighted by Gasteiger charge is 2.34. The molecule has 1 heterocycles. The molecular weight excluding hydrogens is 386 g/mol. The molecule has 1 unspecified atom stereocenters. The summed E-state index contributed by atoms with van der Waals surface area (Å²) in [5.41, 5.74) is 3.56. The average molecular weight is 408 g/mol. The number of methoxy groups -OCH3 is 2. The van der Waals surface area contributed by atoms with Crippen molar-refractivity contribution in [2.75, 3.05) is 19.1 Å². The first-order chi connectivity index (χ1) is 14.1. The predicted octanol–water partition coefficient (Wildman–Crippen LogP) is 5.69. The Morgan fingerprint density at radius 1 is 0.966 bits per heavy atom. The van der Waals surface area contributed by atoms with Crippen molar-refractivity contribution >= 4 is 23.1 Å². The number of hydrogen-bond donors (Lipinski definition) is 0. The van der Waals surface area contributed by atoms with Gasteiger partial charge in [-0.25, -0.2) is 0 Å². The van der Waals surface area contributed by atoms with Crippen LogP contribution in [-0.2, 0) is 6.54 Å². The maximum Gasteiger partial charge on any atom is 0.167 e. The summed E-state index contributed by atoms with van der Waals surface area (Å²) in [5, 5.41) is 0.660. The van der Waals surface area contributed by atoms with Crippen molar-refractivity contribution in [2.24, 2.45) is 0 Å². The molecule has 0 N–H and O–H groups in total. The van der Waals surface area contributed by atoms with Crippen molar-refractivity contribution in [3.8, 4) is 11.5 Å². The van der Waals surface area contributed by atoms with Gasteiger partial charge in [0, 0.05) is 29.6 Å². The van der Waals surface area contributed by atoms with Gasteiger partial charge in [-0.1, -0.05) is 60.1 Å². The van der Waals surface area contributed by atoms with Crippen LogP contribution in [0.25, 0.3) is 0 Å². The van der Waals surface area contributed by atoms with Crippen LogP contribution < -0.4 is 14.4 Å². The first kappa shape index (κ1) is 19.3. The molecule has 148 valence electrons. The zero-order valence-electron chi connectivity index (χ0n) is 16.4. The second-order valence-corrected chi connectivity index (χ2v) is 7.41. The number of rotatable bonds is 5. The summed E-state index contributed by atoms with van der Waals surface area (Å²) in [4.78, 5) is 15.3. The van der Waals surface area contributed by atoms with Crippen LogP contribution in [0.3, 0.4) is 0 Å². The molecule has 4 rings (SSSR count). The van der Waals surface area contributed by atoms with Gasteiger partial charge < -0.3 is 14.4 Å². The van der Waals surface area contributed by atoms with Crippen molar-refractivity contribution in [1.29, 1.82) is 0 Å². The summed E-state index contributed by atoms with van der Waals surface area (Å²) in [6, 6.07) is 21.4. The molecule has 0 saturated heterocycles. The Morgan fingerprint density at radius 3 is 2.31 bits per heavy atom. The van der Waals surface area contributed by atoms with Crippen molar-refractivity contribution in [2.45, 2.75) is 19.0 Å². The zero-order valence-corrected chi connectivity index (χ0v) is 17.1. The third kappa shape index (κ3) is 3.68. The maximum atomic E-state index is 13.1. The van der Waals surface area contributed by atoms with Crippen molar-refractivity contribution in [3.63, 3.8) is 0 Å². The van der Waals surface area contributed by atoms with Gasteiger partial charge in [0.2, 0.25) is 0 Å². The molecule has 0 radical (unpaired) electrons. The summed E-state index contributed by atoms with van der Waals surface area (Å²) in [5.74, 6) is 1.21. The van der Waals surface area contributed by atoms with Crippen molar-refractivity contribution in [1.82, 2.24) is 0 Å². The topological polar surface area (TPSA) is 38.8 Å². The Labute approximate surface area is 175 Å². The highest BCUT2D eigenvalue weighted by Crippen LogP contribution is 2.45. The second-order valence-electron chi connectivity index (χ2n) is 7.00. The van der Waals surface area contributed by atoms with Gasteiger partial charge in [0.1, 0.15) is 0 Å². The van der Waals surface area contributed by atoms with Crippen molar-refractivity contribution < 1.29 is 14.3 Å². The number of Topliss-reactive ketones (excluding diaryl/α,β-unsaturated/α-hetero) is 1. The lowest BCUT2D eigenvalue weighted by Crippen LogP contribution is -2.35. The predicted molar refractivity (Wildman–Crippen MR) is 115 cm³/mol. The molecule has 0 spiro atoms. The fraction of sp³-hybridized carbons (Fsp3) is 0.208. The van der Waals surface area contributed by atoms with E-state index >= 15 is 0 Å². The molecule has 0 fully saturated rings. The molecule has 0 bridgehead atoms.